The fraction of sp³-hybridized carbons (Fsp3) is 0. The molecule has 0 bridgehead atoms. The Hall–Kier alpha value is -2.02. The normalized spacial score (nSPS) is 11.7. The van der Waals surface area contributed by atoms with Gasteiger partial charge in [0, 0.05) is 15.5 Å². The Bertz CT molecular complexity index is 936. The number of fused-ring (bicyclic) bond motifs is 1. The highest BCUT2D eigenvalue weighted by atomic mass is 35.5. The van der Waals surface area contributed by atoms with Gasteiger partial charge in [-0.25, -0.2) is 0 Å². The van der Waals surface area contributed by atoms with Crippen LogP contribution in [0.25, 0.3) is 28.5 Å². The molecule has 3 aromatic heterocycles. The van der Waals surface area contributed by atoms with E-state index in [1.165, 1.54) is 16.2 Å². The SMILES string of the molecule is Clc1ccc(-c2nnc3sc(C=Cc4cccs4)nn23)cc1. The summed E-state index contributed by atoms with van der Waals surface area (Å²) in [5.41, 5.74) is 0.941. The smallest absolute Gasteiger partial charge is 0.182 e. The van der Waals surface area contributed by atoms with E-state index in [0.29, 0.717) is 5.02 Å². The third-order valence-electron chi connectivity index (χ3n) is 3.04. The second-order valence-electron chi connectivity index (χ2n) is 4.51. The summed E-state index contributed by atoms with van der Waals surface area (Å²) >= 11 is 9.12. The number of halogens is 1. The summed E-state index contributed by atoms with van der Waals surface area (Å²) in [6.07, 6.45) is 4.05. The molecule has 4 nitrogen and oxygen atoms in total. The second kappa shape index (κ2) is 5.64. The summed E-state index contributed by atoms with van der Waals surface area (Å²) in [7, 11) is 0. The average Bonchev–Trinajstić information content (AvgIpc) is 3.23. The Labute approximate surface area is 139 Å². The first kappa shape index (κ1) is 13.6. The number of benzene rings is 1. The van der Waals surface area contributed by atoms with E-state index in [9.17, 15) is 0 Å². The van der Waals surface area contributed by atoms with E-state index in [-0.39, 0.29) is 0 Å². The van der Waals surface area contributed by atoms with Gasteiger partial charge in [0.05, 0.1) is 0 Å². The Morgan fingerprint density at radius 2 is 1.91 bits per heavy atom. The summed E-state index contributed by atoms with van der Waals surface area (Å²) in [5.74, 6) is 0.721. The number of nitrogens with zero attached hydrogens (tertiary/aromatic N) is 4. The summed E-state index contributed by atoms with van der Waals surface area (Å²) in [6, 6.07) is 11.6. The summed E-state index contributed by atoms with van der Waals surface area (Å²) < 4.78 is 1.77. The zero-order valence-corrected chi connectivity index (χ0v) is 13.6. The monoisotopic (exact) mass is 344 g/mol. The lowest BCUT2D eigenvalue weighted by Gasteiger charge is -1.96. The molecule has 108 valence electrons. The fourth-order valence-electron chi connectivity index (χ4n) is 2.02. The minimum atomic E-state index is 0.697. The number of hydrogen-bond acceptors (Lipinski definition) is 5. The first-order valence-corrected chi connectivity index (χ1v) is 8.57. The highest BCUT2D eigenvalue weighted by Crippen LogP contribution is 2.24. The van der Waals surface area contributed by atoms with Crippen molar-refractivity contribution in [2.45, 2.75) is 0 Å². The van der Waals surface area contributed by atoms with Gasteiger partial charge in [0.15, 0.2) is 5.82 Å². The molecule has 0 aliphatic rings. The van der Waals surface area contributed by atoms with Crippen LogP contribution in [0, 0.1) is 0 Å². The molecule has 0 amide bonds. The van der Waals surface area contributed by atoms with Crippen molar-refractivity contribution < 1.29 is 0 Å². The maximum absolute atomic E-state index is 5.92. The predicted octanol–water partition coefficient (Wildman–Crippen LogP) is 4.74. The number of hydrogen-bond donors (Lipinski definition) is 0. The topological polar surface area (TPSA) is 43.1 Å². The number of thiophene rings is 1. The Morgan fingerprint density at radius 3 is 2.68 bits per heavy atom. The van der Waals surface area contributed by atoms with Crippen LogP contribution in [-0.2, 0) is 0 Å². The van der Waals surface area contributed by atoms with Crippen molar-refractivity contribution >= 4 is 51.4 Å². The summed E-state index contributed by atoms with van der Waals surface area (Å²) in [5, 5.41) is 16.6. The minimum absolute atomic E-state index is 0.697. The van der Waals surface area contributed by atoms with Crippen LogP contribution in [0.15, 0.2) is 41.8 Å². The zero-order chi connectivity index (χ0) is 14.9. The maximum atomic E-state index is 5.92. The van der Waals surface area contributed by atoms with Crippen molar-refractivity contribution in [3.05, 3.63) is 56.7 Å². The van der Waals surface area contributed by atoms with Crippen molar-refractivity contribution in [1.82, 2.24) is 19.8 Å². The number of aromatic nitrogens is 4. The van der Waals surface area contributed by atoms with Gasteiger partial charge < -0.3 is 0 Å². The zero-order valence-electron chi connectivity index (χ0n) is 11.2. The Kier molecular flexibility index (Phi) is 3.49. The van der Waals surface area contributed by atoms with E-state index in [1.54, 1.807) is 15.9 Å². The third kappa shape index (κ3) is 2.56. The van der Waals surface area contributed by atoms with Gasteiger partial charge in [0.1, 0.15) is 5.01 Å². The van der Waals surface area contributed by atoms with Crippen LogP contribution in [-0.4, -0.2) is 19.8 Å². The van der Waals surface area contributed by atoms with Crippen molar-refractivity contribution in [2.24, 2.45) is 0 Å². The van der Waals surface area contributed by atoms with Gasteiger partial charge in [-0.1, -0.05) is 29.0 Å². The second-order valence-corrected chi connectivity index (χ2v) is 6.92. The highest BCUT2D eigenvalue weighted by molar-refractivity contribution is 7.17. The Balaban J connectivity index is 1.71. The lowest BCUT2D eigenvalue weighted by molar-refractivity contribution is 0.960. The molecule has 0 fully saturated rings. The first-order valence-electron chi connectivity index (χ1n) is 6.49. The van der Waals surface area contributed by atoms with Crippen LogP contribution in [0.3, 0.4) is 0 Å². The molecule has 0 radical (unpaired) electrons. The van der Waals surface area contributed by atoms with Crippen molar-refractivity contribution in [3.8, 4) is 11.4 Å². The van der Waals surface area contributed by atoms with E-state index in [2.05, 4.69) is 32.8 Å². The molecule has 0 atom stereocenters. The Morgan fingerprint density at radius 1 is 1.05 bits per heavy atom. The van der Waals surface area contributed by atoms with E-state index >= 15 is 0 Å². The molecular formula is C15H9ClN4S2. The van der Waals surface area contributed by atoms with Crippen LogP contribution in [0.2, 0.25) is 5.02 Å². The van der Waals surface area contributed by atoms with Crippen LogP contribution >= 0.6 is 34.3 Å². The lowest BCUT2D eigenvalue weighted by atomic mass is 10.2. The van der Waals surface area contributed by atoms with Gasteiger partial charge in [-0.05, 0) is 47.9 Å². The quantitative estimate of drug-likeness (QED) is 0.539. The summed E-state index contributed by atoms with van der Waals surface area (Å²) in [6.45, 7) is 0. The van der Waals surface area contributed by atoms with Crippen molar-refractivity contribution in [1.29, 1.82) is 0 Å². The van der Waals surface area contributed by atoms with Gasteiger partial charge in [-0.3, -0.25) is 0 Å². The molecule has 4 rings (SSSR count). The molecule has 22 heavy (non-hydrogen) atoms. The molecule has 0 aliphatic heterocycles. The van der Waals surface area contributed by atoms with Gasteiger partial charge >= 0.3 is 0 Å². The standard InChI is InChI=1S/C15H9ClN4S2/c16-11-5-3-10(4-6-11)14-17-18-15-20(14)19-13(22-15)8-7-12-2-1-9-21-12/h1-9H. The largest absolute Gasteiger partial charge is 0.235 e. The molecule has 0 saturated heterocycles. The van der Waals surface area contributed by atoms with Crippen LogP contribution in [0.4, 0.5) is 0 Å². The molecule has 4 aromatic rings. The van der Waals surface area contributed by atoms with Gasteiger partial charge in [-0.2, -0.15) is 9.61 Å². The van der Waals surface area contributed by atoms with Gasteiger partial charge in [0.25, 0.3) is 0 Å². The van der Waals surface area contributed by atoms with E-state index in [0.717, 1.165) is 21.4 Å². The van der Waals surface area contributed by atoms with Crippen LogP contribution < -0.4 is 0 Å². The maximum Gasteiger partial charge on any atom is 0.235 e. The minimum Gasteiger partial charge on any atom is -0.182 e. The average molecular weight is 345 g/mol. The van der Waals surface area contributed by atoms with Crippen molar-refractivity contribution in [2.75, 3.05) is 0 Å². The van der Waals surface area contributed by atoms with E-state index in [1.807, 2.05) is 36.4 Å². The molecule has 1 aromatic carbocycles. The molecular weight excluding hydrogens is 336 g/mol. The molecule has 0 aliphatic carbocycles. The first-order chi connectivity index (χ1) is 10.8. The highest BCUT2D eigenvalue weighted by Gasteiger charge is 2.12. The lowest BCUT2D eigenvalue weighted by Crippen LogP contribution is -1.90. The van der Waals surface area contributed by atoms with E-state index in [4.69, 9.17) is 11.6 Å². The molecule has 3 heterocycles. The van der Waals surface area contributed by atoms with Gasteiger partial charge in [-0.15, -0.1) is 21.5 Å². The summed E-state index contributed by atoms with van der Waals surface area (Å²) in [4.78, 5) is 1.97. The van der Waals surface area contributed by atoms with E-state index < -0.39 is 0 Å². The predicted molar refractivity (Wildman–Crippen MR) is 92.4 cm³/mol. The van der Waals surface area contributed by atoms with Crippen molar-refractivity contribution in [3.63, 3.8) is 0 Å². The van der Waals surface area contributed by atoms with Gasteiger partial charge in [0.2, 0.25) is 4.96 Å². The number of rotatable bonds is 3. The molecule has 7 heteroatoms. The molecule has 0 saturated carbocycles. The molecule has 0 unspecified atom stereocenters. The third-order valence-corrected chi connectivity index (χ3v) is 5.00. The molecule has 0 N–H and O–H groups in total. The van der Waals surface area contributed by atoms with Crippen LogP contribution in [0.5, 0.6) is 0 Å². The van der Waals surface area contributed by atoms with Crippen LogP contribution in [0.1, 0.15) is 9.88 Å². The fourth-order valence-corrected chi connectivity index (χ4v) is 3.50. The molecule has 0 spiro atoms.